The number of rotatable bonds is 3. The molecule has 0 bridgehead atoms. The van der Waals surface area contributed by atoms with E-state index >= 15 is 0 Å². The van der Waals surface area contributed by atoms with E-state index in [2.05, 4.69) is 37.3 Å². The van der Waals surface area contributed by atoms with Gasteiger partial charge in [0.1, 0.15) is 0 Å². The maximum absolute atomic E-state index is 4.37. The summed E-state index contributed by atoms with van der Waals surface area (Å²) in [5.41, 5.74) is 0. The highest BCUT2D eigenvalue weighted by Gasteiger charge is 2.40. The Hall–Kier alpha value is -1.46. The largest absolute Gasteiger partial charge is 0.340 e. The molecular formula is C15H18N4S. The smallest absolute Gasteiger partial charge is 0.225 e. The summed E-state index contributed by atoms with van der Waals surface area (Å²) in [5, 5.41) is 2.17. The molecule has 0 saturated carbocycles. The zero-order chi connectivity index (χ0) is 13.4. The number of hydrogen-bond acceptors (Lipinski definition) is 5. The van der Waals surface area contributed by atoms with Crippen molar-refractivity contribution in [3.05, 3.63) is 40.8 Å². The summed E-state index contributed by atoms with van der Waals surface area (Å²) in [7, 11) is 0. The molecule has 2 atom stereocenters. The van der Waals surface area contributed by atoms with Gasteiger partial charge >= 0.3 is 0 Å². The van der Waals surface area contributed by atoms with Crippen molar-refractivity contribution in [1.29, 1.82) is 0 Å². The summed E-state index contributed by atoms with van der Waals surface area (Å²) in [6.45, 7) is 5.76. The van der Waals surface area contributed by atoms with E-state index in [-0.39, 0.29) is 0 Å². The van der Waals surface area contributed by atoms with Crippen molar-refractivity contribution in [2.24, 2.45) is 11.8 Å². The Morgan fingerprint density at radius 2 is 1.80 bits per heavy atom. The van der Waals surface area contributed by atoms with Crippen LogP contribution in [0.2, 0.25) is 0 Å². The van der Waals surface area contributed by atoms with Crippen molar-refractivity contribution in [3.63, 3.8) is 0 Å². The molecule has 4 nitrogen and oxygen atoms in total. The van der Waals surface area contributed by atoms with Crippen LogP contribution in [0.1, 0.15) is 4.88 Å². The van der Waals surface area contributed by atoms with Gasteiger partial charge in [-0.05, 0) is 29.3 Å². The molecule has 104 valence electrons. The Kier molecular flexibility index (Phi) is 3.16. The van der Waals surface area contributed by atoms with Gasteiger partial charge in [-0.2, -0.15) is 0 Å². The van der Waals surface area contributed by atoms with Crippen LogP contribution in [0.25, 0.3) is 0 Å². The molecule has 2 aromatic heterocycles. The molecule has 20 heavy (non-hydrogen) atoms. The van der Waals surface area contributed by atoms with Crippen LogP contribution >= 0.6 is 11.3 Å². The zero-order valence-electron chi connectivity index (χ0n) is 11.4. The van der Waals surface area contributed by atoms with Gasteiger partial charge in [0.25, 0.3) is 0 Å². The molecule has 0 spiro atoms. The van der Waals surface area contributed by atoms with E-state index in [0.29, 0.717) is 0 Å². The minimum absolute atomic E-state index is 0.777. The van der Waals surface area contributed by atoms with Gasteiger partial charge in [-0.25, -0.2) is 9.97 Å². The van der Waals surface area contributed by atoms with Gasteiger partial charge in [0.15, 0.2) is 0 Å². The van der Waals surface area contributed by atoms with Crippen molar-refractivity contribution < 1.29 is 0 Å². The van der Waals surface area contributed by atoms with Gasteiger partial charge in [-0.1, -0.05) is 6.07 Å². The fourth-order valence-electron chi connectivity index (χ4n) is 3.46. The van der Waals surface area contributed by atoms with Crippen LogP contribution in [0.3, 0.4) is 0 Å². The Morgan fingerprint density at radius 1 is 1.05 bits per heavy atom. The second-order valence-electron chi connectivity index (χ2n) is 5.75. The van der Waals surface area contributed by atoms with Gasteiger partial charge in [0, 0.05) is 50.0 Å². The van der Waals surface area contributed by atoms with Crippen molar-refractivity contribution in [2.75, 3.05) is 31.1 Å². The predicted molar refractivity (Wildman–Crippen MR) is 80.8 cm³/mol. The summed E-state index contributed by atoms with van der Waals surface area (Å²) in [4.78, 5) is 15.2. The predicted octanol–water partition coefficient (Wildman–Crippen LogP) is 2.11. The lowest BCUT2D eigenvalue weighted by Crippen LogP contribution is -2.29. The number of thiophene rings is 1. The Bertz CT molecular complexity index is 543. The van der Waals surface area contributed by atoms with Crippen LogP contribution in [0, 0.1) is 11.8 Å². The number of likely N-dealkylation sites (tertiary alicyclic amines) is 1. The normalized spacial score (nSPS) is 26.1. The summed E-state index contributed by atoms with van der Waals surface area (Å²) >= 11 is 1.86. The van der Waals surface area contributed by atoms with E-state index in [1.54, 1.807) is 0 Å². The van der Waals surface area contributed by atoms with Gasteiger partial charge < -0.3 is 4.90 Å². The van der Waals surface area contributed by atoms with Gasteiger partial charge in [0.05, 0.1) is 0 Å². The highest BCUT2D eigenvalue weighted by molar-refractivity contribution is 7.09. The maximum atomic E-state index is 4.37. The minimum Gasteiger partial charge on any atom is -0.340 e. The van der Waals surface area contributed by atoms with Crippen molar-refractivity contribution in [2.45, 2.75) is 6.54 Å². The molecule has 0 aromatic carbocycles. The van der Waals surface area contributed by atoms with Crippen LogP contribution < -0.4 is 4.90 Å². The second kappa shape index (κ2) is 5.14. The van der Waals surface area contributed by atoms with Gasteiger partial charge in [-0.3, -0.25) is 4.90 Å². The van der Waals surface area contributed by atoms with Crippen molar-refractivity contribution in [1.82, 2.24) is 14.9 Å². The lowest BCUT2D eigenvalue weighted by molar-refractivity contribution is 0.311. The van der Waals surface area contributed by atoms with E-state index in [9.17, 15) is 0 Å². The SMILES string of the molecule is c1cnc(N2CC3CN(Cc4cccs4)CC3C2)nc1. The first kappa shape index (κ1) is 12.3. The monoisotopic (exact) mass is 286 g/mol. The molecular weight excluding hydrogens is 268 g/mol. The van der Waals surface area contributed by atoms with Gasteiger partial charge in [0.2, 0.25) is 5.95 Å². The van der Waals surface area contributed by atoms with Crippen LogP contribution in [-0.4, -0.2) is 41.0 Å². The van der Waals surface area contributed by atoms with Crippen LogP contribution in [-0.2, 0) is 6.54 Å². The second-order valence-corrected chi connectivity index (χ2v) is 6.78. The molecule has 0 radical (unpaired) electrons. The number of aromatic nitrogens is 2. The summed E-state index contributed by atoms with van der Waals surface area (Å²) < 4.78 is 0. The van der Waals surface area contributed by atoms with Gasteiger partial charge in [-0.15, -0.1) is 11.3 Å². The highest BCUT2D eigenvalue weighted by atomic mass is 32.1. The van der Waals surface area contributed by atoms with Crippen molar-refractivity contribution in [3.8, 4) is 0 Å². The standard InChI is InChI=1S/C15H18N4S/c1-3-14(20-6-1)11-18-7-12-9-19(10-13(12)8-18)15-16-4-2-5-17-15/h1-6,12-13H,7-11H2. The zero-order valence-corrected chi connectivity index (χ0v) is 12.2. The molecule has 2 saturated heterocycles. The number of hydrogen-bond donors (Lipinski definition) is 0. The molecule has 0 amide bonds. The summed E-state index contributed by atoms with van der Waals surface area (Å²) in [6.07, 6.45) is 3.67. The Balaban J connectivity index is 1.38. The average Bonchev–Trinajstić information content (AvgIpc) is 3.16. The number of fused-ring (bicyclic) bond motifs is 1. The molecule has 4 heterocycles. The average molecular weight is 286 g/mol. The van der Waals surface area contributed by atoms with E-state index in [1.165, 1.54) is 18.0 Å². The third-order valence-electron chi connectivity index (χ3n) is 4.36. The quantitative estimate of drug-likeness (QED) is 0.865. The summed E-state index contributed by atoms with van der Waals surface area (Å²) in [5.74, 6) is 2.45. The number of nitrogens with zero attached hydrogens (tertiary/aromatic N) is 4. The molecule has 2 aliphatic rings. The lowest BCUT2D eigenvalue weighted by atomic mass is 10.0. The van der Waals surface area contributed by atoms with E-state index in [4.69, 9.17) is 0 Å². The molecule has 2 aliphatic heterocycles. The maximum Gasteiger partial charge on any atom is 0.225 e. The first-order chi connectivity index (χ1) is 9.88. The molecule has 0 aliphatic carbocycles. The van der Waals surface area contributed by atoms with E-state index in [0.717, 1.165) is 37.4 Å². The summed E-state index contributed by atoms with van der Waals surface area (Å²) in [6, 6.07) is 6.26. The third kappa shape index (κ3) is 2.31. The fraction of sp³-hybridized carbons (Fsp3) is 0.467. The Labute approximate surface area is 123 Å². The molecule has 2 aromatic rings. The lowest BCUT2D eigenvalue weighted by Gasteiger charge is -2.20. The van der Waals surface area contributed by atoms with E-state index in [1.807, 2.05) is 29.8 Å². The molecule has 4 rings (SSSR count). The number of anilines is 1. The van der Waals surface area contributed by atoms with Crippen molar-refractivity contribution >= 4 is 17.3 Å². The third-order valence-corrected chi connectivity index (χ3v) is 5.22. The first-order valence-electron chi connectivity index (χ1n) is 7.15. The van der Waals surface area contributed by atoms with E-state index < -0.39 is 0 Å². The van der Waals surface area contributed by atoms with Crippen LogP contribution in [0.5, 0.6) is 0 Å². The highest BCUT2D eigenvalue weighted by Crippen LogP contribution is 2.33. The minimum atomic E-state index is 0.777. The molecule has 5 heteroatoms. The molecule has 0 N–H and O–H groups in total. The topological polar surface area (TPSA) is 32.3 Å². The molecule has 2 unspecified atom stereocenters. The fourth-order valence-corrected chi connectivity index (χ4v) is 4.21. The van der Waals surface area contributed by atoms with Crippen LogP contribution in [0.4, 0.5) is 5.95 Å². The Morgan fingerprint density at radius 3 is 2.45 bits per heavy atom. The first-order valence-corrected chi connectivity index (χ1v) is 8.03. The molecule has 2 fully saturated rings. The van der Waals surface area contributed by atoms with Crippen LogP contribution in [0.15, 0.2) is 36.0 Å².